The molecule has 0 aromatic carbocycles. The molecule has 0 bridgehead atoms. The van der Waals surface area contributed by atoms with Gasteiger partial charge in [-0.1, -0.05) is 11.8 Å². The predicted octanol–water partition coefficient (Wildman–Crippen LogP) is -0.591. The first-order chi connectivity index (χ1) is 14.8. The molecule has 2 atom stereocenters. The van der Waals surface area contributed by atoms with E-state index >= 15 is 0 Å². The third kappa shape index (κ3) is 4.20. The van der Waals surface area contributed by atoms with Gasteiger partial charge in [0.1, 0.15) is 17.1 Å². The van der Waals surface area contributed by atoms with Gasteiger partial charge in [0.2, 0.25) is 11.7 Å². The van der Waals surface area contributed by atoms with Gasteiger partial charge in [-0.15, -0.1) is 16.9 Å². The van der Waals surface area contributed by atoms with Crippen LogP contribution in [0.25, 0.3) is 0 Å². The van der Waals surface area contributed by atoms with Gasteiger partial charge in [-0.05, 0) is 16.0 Å². The lowest BCUT2D eigenvalue weighted by molar-refractivity contribution is -0.685. The molecule has 1 unspecified atom stereocenters. The van der Waals surface area contributed by atoms with Crippen LogP contribution in [-0.4, -0.2) is 76.1 Å². The lowest BCUT2D eigenvalue weighted by Crippen LogP contribution is -2.67. The van der Waals surface area contributed by atoms with Crippen molar-refractivity contribution in [3.63, 3.8) is 0 Å². The Balaban J connectivity index is 1.46. The van der Waals surface area contributed by atoms with E-state index in [1.54, 1.807) is 31.6 Å². The van der Waals surface area contributed by atoms with Crippen molar-refractivity contribution in [2.45, 2.75) is 23.1 Å². The van der Waals surface area contributed by atoms with Crippen molar-refractivity contribution in [1.29, 1.82) is 0 Å². The molecule has 31 heavy (non-hydrogen) atoms. The van der Waals surface area contributed by atoms with E-state index in [-0.39, 0.29) is 23.5 Å². The van der Waals surface area contributed by atoms with E-state index in [0.29, 0.717) is 27.9 Å². The number of amides is 1. The number of aromatic nitrogens is 5. The topological polar surface area (TPSA) is 154 Å². The van der Waals surface area contributed by atoms with Crippen LogP contribution < -0.4 is 9.88 Å². The lowest BCUT2D eigenvalue weighted by Gasteiger charge is -2.49. The summed E-state index contributed by atoms with van der Waals surface area (Å²) in [6.45, 7) is -0.160. The number of nitrogens with zero attached hydrogens (tertiary/aromatic N) is 6. The van der Waals surface area contributed by atoms with Crippen LogP contribution in [0.1, 0.15) is 0 Å². The zero-order chi connectivity index (χ0) is 22.1. The third-order valence-electron chi connectivity index (χ3n) is 4.74. The molecule has 3 N–H and O–H groups in total. The number of aryl methyl sites for hydroxylation is 1. The van der Waals surface area contributed by atoms with Crippen LogP contribution in [0.15, 0.2) is 41.0 Å². The number of tetrazole rings is 1. The van der Waals surface area contributed by atoms with Crippen LogP contribution in [0.4, 0.5) is 5.69 Å². The van der Waals surface area contributed by atoms with Gasteiger partial charge in [-0.2, -0.15) is 4.57 Å². The van der Waals surface area contributed by atoms with Gasteiger partial charge in [0.25, 0.3) is 5.91 Å². The third-order valence-corrected chi connectivity index (χ3v) is 7.17. The van der Waals surface area contributed by atoms with Gasteiger partial charge in [0.05, 0.1) is 0 Å². The van der Waals surface area contributed by atoms with E-state index in [2.05, 4.69) is 20.8 Å². The maximum Gasteiger partial charge on any atom is 0.370 e. The van der Waals surface area contributed by atoms with Gasteiger partial charge in [0, 0.05) is 36.4 Å². The molecule has 12 nitrogen and oxygen atoms in total. The molecule has 2 aliphatic rings. The first-order valence-corrected chi connectivity index (χ1v) is 11.1. The summed E-state index contributed by atoms with van der Waals surface area (Å²) in [6.07, 6.45) is 3.20. The van der Waals surface area contributed by atoms with Crippen molar-refractivity contribution in [2.75, 3.05) is 16.8 Å². The van der Waals surface area contributed by atoms with Crippen LogP contribution in [0.3, 0.4) is 0 Å². The fraction of sp³-hybridized carbons (Fsp3) is 0.353. The molecule has 0 saturated carbocycles. The number of fused-ring (bicyclic) bond motifs is 1. The Labute approximate surface area is 184 Å². The molecule has 2 aliphatic heterocycles. The predicted molar refractivity (Wildman–Crippen MR) is 109 cm³/mol. The lowest BCUT2D eigenvalue weighted by atomic mass is 10.0. The summed E-state index contributed by atoms with van der Waals surface area (Å²) in [5.41, 5.74) is 1.31. The van der Waals surface area contributed by atoms with E-state index < -0.39 is 18.0 Å². The molecule has 1 saturated heterocycles. The van der Waals surface area contributed by atoms with Gasteiger partial charge >= 0.3 is 11.9 Å². The molecule has 1 amide bonds. The average Bonchev–Trinajstić information content (AvgIpc) is 3.15. The Morgan fingerprint density at radius 1 is 1.35 bits per heavy atom. The maximum atomic E-state index is 12.8. The standard InChI is InChI=1S/C17H17N7O5S2/c1-22-17(19-20-21-22)31-8-9-7-30-15-12(14(27)24(15)13(9)16(28)29)18-10-2-4-23(5-3-10)6-11(25)26/h2-5,12,15H,6-8H2,1H3,(H2,25,26,28,29)/p+1/t12-,15?/m0/s1. The van der Waals surface area contributed by atoms with Crippen molar-refractivity contribution in [1.82, 2.24) is 25.1 Å². The van der Waals surface area contributed by atoms with E-state index in [1.807, 2.05) is 0 Å². The highest BCUT2D eigenvalue weighted by molar-refractivity contribution is 8.01. The number of rotatable bonds is 8. The van der Waals surface area contributed by atoms with E-state index in [4.69, 9.17) is 5.11 Å². The highest BCUT2D eigenvalue weighted by Crippen LogP contribution is 2.42. The highest BCUT2D eigenvalue weighted by Gasteiger charge is 2.53. The number of thioether (sulfide) groups is 2. The number of hydrogen-bond acceptors (Lipinski definition) is 9. The number of hydrogen-bond donors (Lipinski definition) is 3. The maximum absolute atomic E-state index is 12.8. The smallest absolute Gasteiger partial charge is 0.370 e. The van der Waals surface area contributed by atoms with E-state index in [1.165, 1.54) is 37.7 Å². The molecule has 14 heteroatoms. The van der Waals surface area contributed by atoms with Crippen LogP contribution in [0.5, 0.6) is 0 Å². The summed E-state index contributed by atoms with van der Waals surface area (Å²) in [5.74, 6) is -1.58. The molecule has 2 aromatic heterocycles. The number of carbonyl (C=O) groups excluding carboxylic acids is 1. The molecule has 4 rings (SSSR count). The molecule has 1 fully saturated rings. The number of anilines is 1. The summed E-state index contributed by atoms with van der Waals surface area (Å²) in [6, 6.07) is 2.79. The fourth-order valence-electron chi connectivity index (χ4n) is 3.28. The quantitative estimate of drug-likeness (QED) is 0.261. The minimum Gasteiger partial charge on any atom is -0.477 e. The Morgan fingerprint density at radius 2 is 2.10 bits per heavy atom. The van der Waals surface area contributed by atoms with Crippen molar-refractivity contribution >= 4 is 47.1 Å². The average molecular weight is 465 g/mol. The molecule has 0 aliphatic carbocycles. The van der Waals surface area contributed by atoms with Gasteiger partial charge in [-0.25, -0.2) is 14.3 Å². The summed E-state index contributed by atoms with van der Waals surface area (Å²) < 4.78 is 3.00. The van der Waals surface area contributed by atoms with Crippen molar-refractivity contribution < 1.29 is 29.2 Å². The Morgan fingerprint density at radius 3 is 2.71 bits per heavy atom. The van der Waals surface area contributed by atoms with Crippen LogP contribution in [0.2, 0.25) is 0 Å². The number of β-lactam (4-membered cyclic amide) rings is 1. The monoisotopic (exact) mass is 464 g/mol. The Kier molecular flexibility index (Phi) is 5.82. The zero-order valence-electron chi connectivity index (χ0n) is 16.2. The van der Waals surface area contributed by atoms with Crippen molar-refractivity contribution in [2.24, 2.45) is 7.05 Å². The zero-order valence-corrected chi connectivity index (χ0v) is 17.8. The van der Waals surface area contributed by atoms with Gasteiger partial charge in [-0.3, -0.25) is 9.69 Å². The molecular formula is C17H18N7O5S2+. The largest absolute Gasteiger partial charge is 0.477 e. The van der Waals surface area contributed by atoms with Gasteiger partial charge < -0.3 is 15.5 Å². The first kappa shape index (κ1) is 21.1. The van der Waals surface area contributed by atoms with Crippen molar-refractivity contribution in [3.8, 4) is 0 Å². The van der Waals surface area contributed by atoms with E-state index in [9.17, 15) is 19.5 Å². The highest BCUT2D eigenvalue weighted by atomic mass is 32.2. The Bertz CT molecular complexity index is 1070. The molecule has 0 radical (unpaired) electrons. The second-order valence-electron chi connectivity index (χ2n) is 6.82. The summed E-state index contributed by atoms with van der Waals surface area (Å²) in [7, 11) is 1.70. The van der Waals surface area contributed by atoms with Gasteiger partial charge in [0.15, 0.2) is 12.4 Å². The fourth-order valence-corrected chi connectivity index (χ4v) is 5.62. The first-order valence-electron chi connectivity index (χ1n) is 9.07. The molecule has 4 heterocycles. The second-order valence-corrected chi connectivity index (χ2v) is 8.86. The van der Waals surface area contributed by atoms with Crippen LogP contribution in [-0.2, 0) is 28.0 Å². The number of pyridine rings is 1. The normalized spacial score (nSPS) is 20.3. The van der Waals surface area contributed by atoms with Crippen LogP contribution >= 0.6 is 23.5 Å². The SMILES string of the molecule is Cn1nnnc1SCC1=C(C(=O)O)N2C(=O)[C@H](Nc3cc[n+](CC(=O)O)cc3)C2SC1. The minimum atomic E-state index is -1.14. The second kappa shape index (κ2) is 8.55. The molecular weight excluding hydrogens is 446 g/mol. The van der Waals surface area contributed by atoms with Crippen LogP contribution in [0, 0.1) is 0 Å². The summed E-state index contributed by atoms with van der Waals surface area (Å²) in [5, 5.41) is 33.1. The summed E-state index contributed by atoms with van der Waals surface area (Å²) in [4.78, 5) is 36.8. The number of carbonyl (C=O) groups is 3. The minimum absolute atomic E-state index is 0.0155. The number of aliphatic carboxylic acids is 2. The van der Waals surface area contributed by atoms with E-state index in [0.717, 1.165) is 0 Å². The molecule has 2 aromatic rings. The number of carboxylic acids is 2. The number of carboxylic acid groups (broad SMARTS) is 2. The molecule has 0 spiro atoms. The summed E-state index contributed by atoms with van der Waals surface area (Å²) >= 11 is 2.81. The van der Waals surface area contributed by atoms with Crippen molar-refractivity contribution in [3.05, 3.63) is 35.8 Å². The number of nitrogens with one attached hydrogen (secondary N) is 1. The molecule has 162 valence electrons. The Hall–Kier alpha value is -3.13.